The van der Waals surface area contributed by atoms with E-state index < -0.39 is 6.10 Å². The van der Waals surface area contributed by atoms with Crippen molar-refractivity contribution in [2.45, 2.75) is 32.4 Å². The second-order valence-corrected chi connectivity index (χ2v) is 4.07. The van der Waals surface area contributed by atoms with E-state index in [0.717, 1.165) is 24.4 Å². The van der Waals surface area contributed by atoms with Crippen molar-refractivity contribution in [3.05, 3.63) is 35.9 Å². The van der Waals surface area contributed by atoms with E-state index in [0.29, 0.717) is 6.42 Å². The van der Waals surface area contributed by atoms with Gasteiger partial charge in [0.05, 0.1) is 11.8 Å². The summed E-state index contributed by atoms with van der Waals surface area (Å²) >= 11 is 0. The molecule has 17 heavy (non-hydrogen) atoms. The van der Waals surface area contributed by atoms with Gasteiger partial charge in [0.15, 0.2) is 0 Å². The standard InChI is InChI=1S/C12H18N4O/c1-3-16-11(7-9-14-16)12(17)5-4-10-6-8-13-15(10)2/h6-9,12,17H,3-5H2,1-2H3. The summed E-state index contributed by atoms with van der Waals surface area (Å²) in [5.41, 5.74) is 2.02. The average Bonchev–Trinajstić information content (AvgIpc) is 2.94. The first kappa shape index (κ1) is 11.9. The van der Waals surface area contributed by atoms with Crippen LogP contribution in [0, 0.1) is 0 Å². The smallest absolute Gasteiger partial charge is 0.0960 e. The Hall–Kier alpha value is -1.62. The largest absolute Gasteiger partial charge is 0.387 e. The van der Waals surface area contributed by atoms with Crippen LogP contribution in [-0.2, 0) is 20.0 Å². The fourth-order valence-electron chi connectivity index (χ4n) is 1.97. The minimum Gasteiger partial charge on any atom is -0.387 e. The van der Waals surface area contributed by atoms with Crippen molar-refractivity contribution in [2.24, 2.45) is 7.05 Å². The van der Waals surface area contributed by atoms with E-state index in [-0.39, 0.29) is 0 Å². The molecule has 0 aliphatic rings. The molecule has 0 amide bonds. The van der Waals surface area contributed by atoms with Crippen molar-refractivity contribution in [2.75, 3.05) is 0 Å². The highest BCUT2D eigenvalue weighted by Crippen LogP contribution is 2.18. The number of aryl methyl sites for hydroxylation is 3. The van der Waals surface area contributed by atoms with Crippen molar-refractivity contribution in [3.63, 3.8) is 0 Å². The molecular formula is C12H18N4O. The van der Waals surface area contributed by atoms with E-state index in [4.69, 9.17) is 0 Å². The molecule has 0 bridgehead atoms. The van der Waals surface area contributed by atoms with Crippen molar-refractivity contribution in [1.29, 1.82) is 0 Å². The lowest BCUT2D eigenvalue weighted by Crippen LogP contribution is -2.09. The highest BCUT2D eigenvalue weighted by atomic mass is 16.3. The Morgan fingerprint density at radius 3 is 2.71 bits per heavy atom. The molecule has 0 aliphatic carbocycles. The minimum atomic E-state index is -0.465. The summed E-state index contributed by atoms with van der Waals surface area (Å²) in [6.45, 7) is 2.80. The van der Waals surface area contributed by atoms with Gasteiger partial charge >= 0.3 is 0 Å². The molecule has 5 nitrogen and oxygen atoms in total. The molecule has 2 heterocycles. The molecule has 0 saturated carbocycles. The lowest BCUT2D eigenvalue weighted by atomic mass is 10.1. The third kappa shape index (κ3) is 2.55. The van der Waals surface area contributed by atoms with Crippen LogP contribution in [0.3, 0.4) is 0 Å². The van der Waals surface area contributed by atoms with Gasteiger partial charge in [0.2, 0.25) is 0 Å². The molecule has 5 heteroatoms. The third-order valence-electron chi connectivity index (χ3n) is 2.99. The van der Waals surface area contributed by atoms with Crippen LogP contribution >= 0.6 is 0 Å². The van der Waals surface area contributed by atoms with Crippen molar-refractivity contribution >= 4 is 0 Å². The second-order valence-electron chi connectivity index (χ2n) is 4.07. The average molecular weight is 234 g/mol. The highest BCUT2D eigenvalue weighted by molar-refractivity contribution is 5.06. The Kier molecular flexibility index (Phi) is 3.58. The fourth-order valence-corrected chi connectivity index (χ4v) is 1.97. The van der Waals surface area contributed by atoms with Gasteiger partial charge in [0, 0.05) is 31.7 Å². The van der Waals surface area contributed by atoms with Crippen LogP contribution in [0.25, 0.3) is 0 Å². The van der Waals surface area contributed by atoms with Gasteiger partial charge in [-0.15, -0.1) is 0 Å². The first-order valence-electron chi connectivity index (χ1n) is 5.89. The maximum Gasteiger partial charge on any atom is 0.0960 e. The van der Waals surface area contributed by atoms with E-state index in [1.54, 1.807) is 12.4 Å². The number of hydrogen-bond donors (Lipinski definition) is 1. The summed E-state index contributed by atoms with van der Waals surface area (Å²) < 4.78 is 3.66. The first-order valence-corrected chi connectivity index (χ1v) is 5.89. The zero-order chi connectivity index (χ0) is 12.3. The Bertz CT molecular complexity index is 474. The Labute approximate surface area is 101 Å². The Balaban J connectivity index is 1.98. The maximum absolute atomic E-state index is 10.1. The molecule has 1 unspecified atom stereocenters. The molecule has 2 aromatic heterocycles. The normalized spacial score (nSPS) is 12.9. The van der Waals surface area contributed by atoms with Crippen LogP contribution < -0.4 is 0 Å². The molecule has 0 aromatic carbocycles. The number of rotatable bonds is 5. The molecule has 2 aromatic rings. The molecule has 0 fully saturated rings. The molecule has 92 valence electrons. The predicted octanol–water partition coefficient (Wildman–Crippen LogP) is 1.30. The van der Waals surface area contributed by atoms with Gasteiger partial charge in [-0.05, 0) is 31.9 Å². The zero-order valence-electron chi connectivity index (χ0n) is 10.2. The van der Waals surface area contributed by atoms with Gasteiger partial charge in [0.1, 0.15) is 0 Å². The molecule has 0 saturated heterocycles. The van der Waals surface area contributed by atoms with Gasteiger partial charge in [-0.2, -0.15) is 10.2 Å². The summed E-state index contributed by atoms with van der Waals surface area (Å²) in [5.74, 6) is 0. The van der Waals surface area contributed by atoms with Crippen LogP contribution in [0.5, 0.6) is 0 Å². The molecule has 0 spiro atoms. The van der Waals surface area contributed by atoms with E-state index in [2.05, 4.69) is 10.2 Å². The minimum absolute atomic E-state index is 0.465. The van der Waals surface area contributed by atoms with Gasteiger partial charge < -0.3 is 5.11 Å². The number of nitrogens with zero attached hydrogens (tertiary/aromatic N) is 4. The lowest BCUT2D eigenvalue weighted by Gasteiger charge is -2.12. The van der Waals surface area contributed by atoms with E-state index in [1.165, 1.54) is 0 Å². The molecule has 1 atom stereocenters. The van der Waals surface area contributed by atoms with Crippen LogP contribution in [0.1, 0.15) is 30.8 Å². The zero-order valence-corrected chi connectivity index (χ0v) is 10.2. The van der Waals surface area contributed by atoms with Gasteiger partial charge in [-0.25, -0.2) is 0 Å². The SMILES string of the molecule is CCn1nccc1C(O)CCc1ccnn1C. The quantitative estimate of drug-likeness (QED) is 0.848. The number of aromatic nitrogens is 4. The van der Waals surface area contributed by atoms with E-state index in [1.807, 2.05) is 35.5 Å². The molecular weight excluding hydrogens is 216 g/mol. The van der Waals surface area contributed by atoms with Crippen molar-refractivity contribution in [1.82, 2.24) is 19.6 Å². The van der Waals surface area contributed by atoms with E-state index >= 15 is 0 Å². The number of aliphatic hydroxyl groups excluding tert-OH is 1. The summed E-state index contributed by atoms with van der Waals surface area (Å²) in [6.07, 6.45) is 4.54. The Morgan fingerprint density at radius 2 is 2.06 bits per heavy atom. The van der Waals surface area contributed by atoms with Gasteiger partial charge in [0.25, 0.3) is 0 Å². The molecule has 1 N–H and O–H groups in total. The van der Waals surface area contributed by atoms with Gasteiger partial charge in [-0.3, -0.25) is 9.36 Å². The van der Waals surface area contributed by atoms with Crippen LogP contribution in [0.15, 0.2) is 24.5 Å². The topological polar surface area (TPSA) is 55.9 Å². The number of hydrogen-bond acceptors (Lipinski definition) is 3. The van der Waals surface area contributed by atoms with Crippen molar-refractivity contribution in [3.8, 4) is 0 Å². The monoisotopic (exact) mass is 234 g/mol. The van der Waals surface area contributed by atoms with Crippen LogP contribution in [-0.4, -0.2) is 24.7 Å². The van der Waals surface area contributed by atoms with Crippen molar-refractivity contribution < 1.29 is 5.11 Å². The summed E-state index contributed by atoms with van der Waals surface area (Å²) in [6, 6.07) is 3.85. The van der Waals surface area contributed by atoms with Crippen LogP contribution in [0.2, 0.25) is 0 Å². The third-order valence-corrected chi connectivity index (χ3v) is 2.99. The summed E-state index contributed by atoms with van der Waals surface area (Å²) in [4.78, 5) is 0. The second kappa shape index (κ2) is 5.14. The molecule has 0 aliphatic heterocycles. The maximum atomic E-state index is 10.1. The first-order chi connectivity index (χ1) is 8.22. The Morgan fingerprint density at radius 1 is 1.29 bits per heavy atom. The number of aliphatic hydroxyl groups is 1. The highest BCUT2D eigenvalue weighted by Gasteiger charge is 2.13. The molecule has 0 radical (unpaired) electrons. The predicted molar refractivity (Wildman–Crippen MR) is 64.4 cm³/mol. The summed E-state index contributed by atoms with van der Waals surface area (Å²) in [7, 11) is 1.91. The van der Waals surface area contributed by atoms with E-state index in [9.17, 15) is 5.11 Å². The van der Waals surface area contributed by atoms with Gasteiger partial charge in [-0.1, -0.05) is 0 Å². The summed E-state index contributed by atoms with van der Waals surface area (Å²) in [5, 5.41) is 18.4. The molecule has 2 rings (SSSR count). The lowest BCUT2D eigenvalue weighted by molar-refractivity contribution is 0.156. The van der Waals surface area contributed by atoms with Crippen LogP contribution in [0.4, 0.5) is 0 Å². The fraction of sp³-hybridized carbons (Fsp3) is 0.500.